The standard InChI is InChI=1S/C21H24N2O5S/c1-22(2)18-9-6-15(7-10-18)21(25)28-14-20(24)17-8-11-19-16(13-17)5-4-12-23(19)29(3,26)27/h6-11,13H,4-5,12,14H2,1-3H3. The second-order valence-corrected chi connectivity index (χ2v) is 9.13. The summed E-state index contributed by atoms with van der Waals surface area (Å²) < 4.78 is 30.4. The van der Waals surface area contributed by atoms with Crippen molar-refractivity contribution in [1.29, 1.82) is 0 Å². The highest BCUT2D eigenvalue weighted by atomic mass is 32.2. The average molecular weight is 416 g/mol. The van der Waals surface area contributed by atoms with Crippen LogP contribution in [0, 0.1) is 0 Å². The van der Waals surface area contributed by atoms with Gasteiger partial charge in [-0.05, 0) is 60.9 Å². The van der Waals surface area contributed by atoms with E-state index in [1.54, 1.807) is 42.5 Å². The number of hydrogen-bond donors (Lipinski definition) is 0. The molecule has 2 aromatic rings. The molecule has 0 radical (unpaired) electrons. The van der Waals surface area contributed by atoms with Crippen LogP contribution in [-0.2, 0) is 21.2 Å². The van der Waals surface area contributed by atoms with Gasteiger partial charge in [0.25, 0.3) is 0 Å². The van der Waals surface area contributed by atoms with Crippen LogP contribution in [0.25, 0.3) is 0 Å². The van der Waals surface area contributed by atoms with Gasteiger partial charge in [0.15, 0.2) is 12.4 Å². The molecule has 0 fully saturated rings. The summed E-state index contributed by atoms with van der Waals surface area (Å²) in [4.78, 5) is 26.6. The van der Waals surface area contributed by atoms with Crippen LogP contribution in [-0.4, -0.2) is 53.7 Å². The second-order valence-electron chi connectivity index (χ2n) is 7.22. The van der Waals surface area contributed by atoms with Gasteiger partial charge < -0.3 is 9.64 Å². The Hall–Kier alpha value is -2.87. The van der Waals surface area contributed by atoms with E-state index in [-0.39, 0.29) is 12.4 Å². The molecule has 0 saturated heterocycles. The van der Waals surface area contributed by atoms with E-state index < -0.39 is 16.0 Å². The summed E-state index contributed by atoms with van der Waals surface area (Å²) in [6, 6.07) is 11.8. The van der Waals surface area contributed by atoms with Gasteiger partial charge in [0.05, 0.1) is 17.5 Å². The monoisotopic (exact) mass is 416 g/mol. The van der Waals surface area contributed by atoms with Crippen molar-refractivity contribution in [3.63, 3.8) is 0 Å². The summed E-state index contributed by atoms with van der Waals surface area (Å²) >= 11 is 0. The molecule has 0 aromatic heterocycles. The minimum Gasteiger partial charge on any atom is -0.454 e. The first-order valence-electron chi connectivity index (χ1n) is 9.25. The van der Waals surface area contributed by atoms with Gasteiger partial charge in [-0.15, -0.1) is 0 Å². The minimum absolute atomic E-state index is 0.331. The van der Waals surface area contributed by atoms with E-state index in [0.29, 0.717) is 36.2 Å². The van der Waals surface area contributed by atoms with Crippen LogP contribution in [0.3, 0.4) is 0 Å². The van der Waals surface area contributed by atoms with Gasteiger partial charge >= 0.3 is 5.97 Å². The molecule has 3 rings (SSSR count). The normalized spacial score (nSPS) is 13.6. The molecule has 1 heterocycles. The lowest BCUT2D eigenvalue weighted by molar-refractivity contribution is 0.0475. The number of Topliss-reactive ketones (excluding diaryl/α,β-unsaturated/α-hetero) is 1. The maximum absolute atomic E-state index is 12.5. The van der Waals surface area contributed by atoms with Crippen molar-refractivity contribution in [3.05, 3.63) is 59.2 Å². The molecule has 1 aliphatic heterocycles. The van der Waals surface area contributed by atoms with E-state index in [0.717, 1.165) is 11.3 Å². The highest BCUT2D eigenvalue weighted by Crippen LogP contribution is 2.30. The molecule has 0 N–H and O–H groups in total. The molecule has 0 unspecified atom stereocenters. The number of anilines is 2. The summed E-state index contributed by atoms with van der Waals surface area (Å²) in [5, 5.41) is 0. The van der Waals surface area contributed by atoms with Crippen molar-refractivity contribution in [1.82, 2.24) is 0 Å². The number of hydrogen-bond acceptors (Lipinski definition) is 6. The van der Waals surface area contributed by atoms with Crippen LogP contribution in [0.15, 0.2) is 42.5 Å². The molecular weight excluding hydrogens is 392 g/mol. The number of sulfonamides is 1. The first kappa shape index (κ1) is 20.9. The minimum atomic E-state index is -3.36. The van der Waals surface area contributed by atoms with Crippen LogP contribution in [0.1, 0.15) is 32.7 Å². The summed E-state index contributed by atoms with van der Waals surface area (Å²) in [5.41, 5.74) is 3.13. The van der Waals surface area contributed by atoms with Gasteiger partial charge in [0.1, 0.15) is 0 Å². The van der Waals surface area contributed by atoms with Gasteiger partial charge in [-0.25, -0.2) is 13.2 Å². The SMILES string of the molecule is CN(C)c1ccc(C(=O)OCC(=O)c2ccc3c(c2)CCCN3S(C)(=O)=O)cc1. The van der Waals surface area contributed by atoms with Crippen molar-refractivity contribution < 1.29 is 22.7 Å². The molecule has 0 atom stereocenters. The summed E-state index contributed by atoms with van der Waals surface area (Å²) in [6.45, 7) is 0.0617. The largest absolute Gasteiger partial charge is 0.454 e. The zero-order valence-electron chi connectivity index (χ0n) is 16.7. The smallest absolute Gasteiger partial charge is 0.338 e. The summed E-state index contributed by atoms with van der Waals surface area (Å²) in [7, 11) is 0.448. The predicted octanol–water partition coefficient (Wildman–Crippen LogP) is 2.50. The van der Waals surface area contributed by atoms with E-state index in [2.05, 4.69) is 0 Å². The summed E-state index contributed by atoms with van der Waals surface area (Å²) in [5.74, 6) is -0.896. The Labute approximate surface area is 170 Å². The number of esters is 1. The highest BCUT2D eigenvalue weighted by Gasteiger charge is 2.25. The lowest BCUT2D eigenvalue weighted by atomic mass is 9.99. The molecule has 0 bridgehead atoms. The fourth-order valence-electron chi connectivity index (χ4n) is 3.27. The van der Waals surface area contributed by atoms with E-state index in [9.17, 15) is 18.0 Å². The zero-order valence-corrected chi connectivity index (χ0v) is 17.5. The maximum Gasteiger partial charge on any atom is 0.338 e. The number of carbonyl (C=O) groups excluding carboxylic acids is 2. The number of ether oxygens (including phenoxy) is 1. The van der Waals surface area contributed by atoms with Crippen LogP contribution >= 0.6 is 0 Å². The quantitative estimate of drug-likeness (QED) is 0.531. The van der Waals surface area contributed by atoms with Gasteiger partial charge in [-0.2, -0.15) is 0 Å². The third-order valence-electron chi connectivity index (χ3n) is 4.83. The molecule has 0 saturated carbocycles. The van der Waals surface area contributed by atoms with Crippen molar-refractivity contribution in [3.8, 4) is 0 Å². The Kier molecular flexibility index (Phi) is 5.93. The molecular formula is C21H24N2O5S. The third-order valence-corrected chi connectivity index (χ3v) is 6.01. The first-order chi connectivity index (χ1) is 13.7. The number of benzene rings is 2. The summed E-state index contributed by atoms with van der Waals surface area (Å²) in [6.07, 6.45) is 2.56. The highest BCUT2D eigenvalue weighted by molar-refractivity contribution is 7.92. The number of nitrogens with zero attached hydrogens (tertiary/aromatic N) is 2. The van der Waals surface area contributed by atoms with Crippen molar-refractivity contribution in [2.24, 2.45) is 0 Å². The molecule has 2 aromatic carbocycles. The van der Waals surface area contributed by atoms with Gasteiger partial charge in [0, 0.05) is 31.9 Å². The Morgan fingerprint density at radius 1 is 1.07 bits per heavy atom. The van der Waals surface area contributed by atoms with Crippen LogP contribution in [0.4, 0.5) is 11.4 Å². The van der Waals surface area contributed by atoms with Gasteiger partial charge in [0.2, 0.25) is 10.0 Å². The predicted molar refractivity (Wildman–Crippen MR) is 112 cm³/mol. The average Bonchev–Trinajstić information content (AvgIpc) is 2.70. The molecule has 0 amide bonds. The van der Waals surface area contributed by atoms with Crippen molar-refractivity contribution in [2.45, 2.75) is 12.8 Å². The van der Waals surface area contributed by atoms with Crippen LogP contribution < -0.4 is 9.21 Å². The number of ketones is 1. The third kappa shape index (κ3) is 4.76. The second kappa shape index (κ2) is 8.24. The van der Waals surface area contributed by atoms with E-state index in [4.69, 9.17) is 4.74 Å². The lowest BCUT2D eigenvalue weighted by Gasteiger charge is -2.29. The first-order valence-corrected chi connectivity index (χ1v) is 11.1. The maximum atomic E-state index is 12.5. The van der Waals surface area contributed by atoms with Gasteiger partial charge in [-0.1, -0.05) is 0 Å². The molecule has 7 nitrogen and oxygen atoms in total. The fraction of sp³-hybridized carbons (Fsp3) is 0.333. The molecule has 29 heavy (non-hydrogen) atoms. The Balaban J connectivity index is 1.67. The fourth-order valence-corrected chi connectivity index (χ4v) is 4.27. The number of fused-ring (bicyclic) bond motifs is 1. The number of rotatable bonds is 6. The Morgan fingerprint density at radius 2 is 1.72 bits per heavy atom. The van der Waals surface area contributed by atoms with Crippen molar-refractivity contribution in [2.75, 3.05) is 42.7 Å². The molecule has 0 aliphatic carbocycles. The number of aryl methyl sites for hydroxylation is 1. The van der Waals surface area contributed by atoms with Crippen LogP contribution in [0.5, 0.6) is 0 Å². The van der Waals surface area contributed by atoms with E-state index >= 15 is 0 Å². The zero-order chi connectivity index (χ0) is 21.2. The van der Waals surface area contributed by atoms with E-state index in [1.807, 2.05) is 19.0 Å². The van der Waals surface area contributed by atoms with Crippen LogP contribution in [0.2, 0.25) is 0 Å². The van der Waals surface area contributed by atoms with Gasteiger partial charge in [-0.3, -0.25) is 9.10 Å². The molecule has 154 valence electrons. The topological polar surface area (TPSA) is 84.0 Å². The Bertz CT molecular complexity index is 1030. The molecule has 0 spiro atoms. The van der Waals surface area contributed by atoms with E-state index in [1.165, 1.54) is 10.6 Å². The number of carbonyl (C=O) groups is 2. The molecule has 1 aliphatic rings. The lowest BCUT2D eigenvalue weighted by Crippen LogP contribution is -2.34. The molecule has 8 heteroatoms. The van der Waals surface area contributed by atoms with Crippen molar-refractivity contribution >= 4 is 33.2 Å². The Morgan fingerprint density at radius 3 is 2.34 bits per heavy atom.